The van der Waals surface area contributed by atoms with Crippen molar-refractivity contribution in [2.24, 2.45) is 0 Å². The minimum absolute atomic E-state index is 0.0756. The first-order valence-electron chi connectivity index (χ1n) is 22.5. The molecule has 72 heavy (non-hydrogen) atoms. The molecule has 0 bridgehead atoms. The normalized spacial score (nSPS) is 11.9. The summed E-state index contributed by atoms with van der Waals surface area (Å²) in [6.45, 7) is 10.5. The van der Waals surface area contributed by atoms with Gasteiger partial charge in [0.15, 0.2) is 16.1 Å². The van der Waals surface area contributed by atoms with Crippen LogP contribution in [0.2, 0.25) is 0 Å². The van der Waals surface area contributed by atoms with E-state index in [1.165, 1.54) is 21.8 Å². The Morgan fingerprint density at radius 3 is 1.72 bits per heavy atom. The Bertz CT molecular complexity index is 3280. The van der Waals surface area contributed by atoms with E-state index in [1.54, 1.807) is 104 Å². The number of carbonyl (C=O) groups is 2. The van der Waals surface area contributed by atoms with E-state index in [2.05, 4.69) is 31.1 Å². The lowest BCUT2D eigenvalue weighted by Gasteiger charge is -2.26. The molecule has 0 fully saturated rings. The molecule has 21 heteroatoms. The Balaban J connectivity index is 1.40. The van der Waals surface area contributed by atoms with Crippen molar-refractivity contribution in [3.05, 3.63) is 126 Å². The number of rotatable bonds is 16. The highest BCUT2D eigenvalue weighted by Crippen LogP contribution is 2.47. The van der Waals surface area contributed by atoms with Crippen molar-refractivity contribution in [3.8, 4) is 50.2 Å². The van der Waals surface area contributed by atoms with Crippen molar-refractivity contribution < 1.29 is 41.7 Å². The van der Waals surface area contributed by atoms with Gasteiger partial charge in [-0.05, 0) is 117 Å². The zero-order chi connectivity index (χ0) is 51.4. The molecule has 3 aromatic heterocycles. The molecule has 0 atom stereocenters. The molecule has 0 spiro atoms. The molecule has 0 aliphatic rings. The molecule has 0 aliphatic carbocycles. The summed E-state index contributed by atoms with van der Waals surface area (Å²) in [6.07, 6.45) is 0.0907. The number of hydrogen-bond acceptors (Lipinski definition) is 16. The summed E-state index contributed by atoms with van der Waals surface area (Å²) >= 11 is 2.30. The molecule has 0 aliphatic heterocycles. The van der Waals surface area contributed by atoms with Crippen LogP contribution in [0, 0.1) is 0 Å². The van der Waals surface area contributed by atoms with Crippen LogP contribution in [0.4, 0.5) is 19.9 Å². The highest BCUT2D eigenvalue weighted by atomic mass is 32.2. The van der Waals surface area contributed by atoms with Crippen LogP contribution >= 0.6 is 22.7 Å². The van der Waals surface area contributed by atoms with Gasteiger partial charge in [0.2, 0.25) is 10.0 Å². The number of anilines is 2. The van der Waals surface area contributed by atoms with Crippen molar-refractivity contribution >= 4 is 65.4 Å². The number of benzene rings is 5. The van der Waals surface area contributed by atoms with E-state index in [4.69, 9.17) is 28.7 Å². The third-order valence-corrected chi connectivity index (χ3v) is 14.5. The van der Waals surface area contributed by atoms with E-state index < -0.39 is 33.4 Å². The van der Waals surface area contributed by atoms with Crippen molar-refractivity contribution in [1.82, 2.24) is 34.5 Å². The van der Waals surface area contributed by atoms with Crippen molar-refractivity contribution in [2.75, 3.05) is 32.0 Å². The van der Waals surface area contributed by atoms with Gasteiger partial charge in [-0.2, -0.15) is 4.31 Å². The highest BCUT2D eigenvalue weighted by Gasteiger charge is 2.36. The molecule has 2 N–H and O–H groups in total. The first kappa shape index (κ1) is 50.9. The second-order valence-corrected chi connectivity index (χ2v) is 22.2. The fourth-order valence-corrected chi connectivity index (χ4v) is 11.2. The molecule has 5 aromatic carbocycles. The van der Waals surface area contributed by atoms with Gasteiger partial charge < -0.3 is 23.7 Å². The number of ether oxygens (including phenoxy) is 5. The number of sulfonamides is 1. The van der Waals surface area contributed by atoms with E-state index in [-0.39, 0.29) is 51.7 Å². The monoisotopic (exact) mass is 1030 g/mol. The van der Waals surface area contributed by atoms with Gasteiger partial charge in [-0.15, -0.1) is 5.10 Å². The van der Waals surface area contributed by atoms with Crippen molar-refractivity contribution in [2.45, 2.75) is 77.3 Å². The topological polar surface area (TPSA) is 211 Å². The van der Waals surface area contributed by atoms with Crippen LogP contribution in [-0.2, 0) is 39.1 Å². The number of para-hydroxylation sites is 1. The Hall–Kier alpha value is -7.46. The van der Waals surface area contributed by atoms with Gasteiger partial charge in [0.05, 0.1) is 43.0 Å². The van der Waals surface area contributed by atoms with Crippen LogP contribution in [0.3, 0.4) is 0 Å². The second kappa shape index (κ2) is 21.1. The van der Waals surface area contributed by atoms with Gasteiger partial charge in [-0.1, -0.05) is 83.3 Å². The Morgan fingerprint density at radius 2 is 1.18 bits per heavy atom. The SMILES string of the molecule is COc1ccc(CN(Cc2ccc(OC)cc2)S(=O)(=O)c2c(-c3cnc(NC(=O)OC(C)(C)C)s3)ccc(-c3cccc4sc(NC(=O)OC(C)(C)C)nc34)c2-c2nnnn2Cc2ccc(OC)cc2)cc1. The average molecular weight is 1030 g/mol. The van der Waals surface area contributed by atoms with Gasteiger partial charge in [-0.3, -0.25) is 10.6 Å². The lowest BCUT2D eigenvalue weighted by atomic mass is 9.95. The van der Waals surface area contributed by atoms with E-state index in [0.29, 0.717) is 54.6 Å². The summed E-state index contributed by atoms with van der Waals surface area (Å²) in [5, 5.41) is 19.1. The highest BCUT2D eigenvalue weighted by molar-refractivity contribution is 7.89. The van der Waals surface area contributed by atoms with E-state index in [1.807, 2.05) is 66.7 Å². The number of tetrazole rings is 1. The second-order valence-electron chi connectivity index (χ2n) is 18.3. The largest absolute Gasteiger partial charge is 0.497 e. The van der Waals surface area contributed by atoms with Crippen LogP contribution in [0.25, 0.3) is 43.2 Å². The van der Waals surface area contributed by atoms with E-state index in [0.717, 1.165) is 16.9 Å². The molecule has 374 valence electrons. The predicted molar refractivity (Wildman–Crippen MR) is 277 cm³/mol. The molecule has 0 saturated carbocycles. The van der Waals surface area contributed by atoms with Crippen molar-refractivity contribution in [3.63, 3.8) is 0 Å². The maximum atomic E-state index is 16.5. The molecule has 18 nitrogen and oxygen atoms in total. The molecule has 0 unspecified atom stereocenters. The molecule has 8 aromatic rings. The minimum atomic E-state index is -4.69. The van der Waals surface area contributed by atoms with Gasteiger partial charge in [0.1, 0.15) is 33.3 Å². The molecule has 0 radical (unpaired) electrons. The number of hydrogen-bond donors (Lipinski definition) is 2. The number of carbonyl (C=O) groups excluding carboxylic acids is 2. The Kier molecular flexibility index (Phi) is 14.9. The van der Waals surface area contributed by atoms with Crippen LogP contribution in [0.15, 0.2) is 114 Å². The van der Waals surface area contributed by atoms with Crippen LogP contribution < -0.4 is 24.8 Å². The number of aromatic nitrogens is 6. The van der Waals surface area contributed by atoms with Gasteiger partial charge in [0, 0.05) is 36.0 Å². The summed E-state index contributed by atoms with van der Waals surface area (Å²) < 4.78 is 64.0. The standard InChI is InChI=1S/C51H53N9O9S3/c1-50(2,3)68-48(61)54-46-52-27-41(71-46)39-26-25-37(38-11-10-12-40-43(38)53-47(70-40)55-49(62)69-51(4,5)6)42(45-56-57-58-60(45)30-33-17-23-36(67-9)24-18-33)44(39)72(63,64)59(28-31-13-19-34(65-7)20-14-31)29-32-15-21-35(66-8)22-16-32/h10-27H,28-30H2,1-9H3,(H,52,54,61)(H,53,55,62). The maximum Gasteiger partial charge on any atom is 0.413 e. The number of amides is 2. The molecule has 8 rings (SSSR count). The number of methoxy groups -OCH3 is 3. The maximum absolute atomic E-state index is 16.5. The van der Waals surface area contributed by atoms with Crippen LogP contribution in [0.1, 0.15) is 58.2 Å². The first-order valence-corrected chi connectivity index (χ1v) is 25.6. The lowest BCUT2D eigenvalue weighted by Crippen LogP contribution is -2.31. The van der Waals surface area contributed by atoms with E-state index in [9.17, 15) is 9.59 Å². The molecular formula is C51H53N9O9S3. The van der Waals surface area contributed by atoms with Gasteiger partial charge in [-0.25, -0.2) is 32.7 Å². The quantitative estimate of drug-likeness (QED) is 0.0922. The smallest absolute Gasteiger partial charge is 0.413 e. The molecule has 2 amide bonds. The zero-order valence-corrected chi connectivity index (χ0v) is 43.5. The summed E-state index contributed by atoms with van der Waals surface area (Å²) in [4.78, 5) is 35.7. The first-order chi connectivity index (χ1) is 34.3. The lowest BCUT2D eigenvalue weighted by molar-refractivity contribution is 0.0624. The fourth-order valence-electron chi connectivity index (χ4n) is 7.57. The zero-order valence-electron chi connectivity index (χ0n) is 41.0. The van der Waals surface area contributed by atoms with Gasteiger partial charge in [0.25, 0.3) is 0 Å². The number of thiazole rings is 2. The van der Waals surface area contributed by atoms with Crippen LogP contribution in [0.5, 0.6) is 17.2 Å². The third-order valence-electron chi connectivity index (χ3n) is 10.7. The van der Waals surface area contributed by atoms with E-state index >= 15 is 8.42 Å². The molecule has 3 heterocycles. The van der Waals surface area contributed by atoms with Crippen molar-refractivity contribution in [1.29, 1.82) is 0 Å². The number of nitrogens with one attached hydrogen (secondary N) is 2. The van der Waals surface area contributed by atoms with Gasteiger partial charge >= 0.3 is 12.2 Å². The summed E-state index contributed by atoms with van der Waals surface area (Å²) in [7, 11) is 0.0115. The number of nitrogens with zero attached hydrogens (tertiary/aromatic N) is 7. The summed E-state index contributed by atoms with van der Waals surface area (Å²) in [5.41, 5.74) is 2.38. The summed E-state index contributed by atoms with van der Waals surface area (Å²) in [6, 6.07) is 30.7. The predicted octanol–water partition coefficient (Wildman–Crippen LogP) is 10.9. The summed E-state index contributed by atoms with van der Waals surface area (Å²) in [5.74, 6) is 1.97. The molecular weight excluding hydrogens is 979 g/mol. The molecule has 0 saturated heterocycles. The number of fused-ring (bicyclic) bond motifs is 1. The Morgan fingerprint density at radius 1 is 0.653 bits per heavy atom. The average Bonchev–Trinajstić information content (AvgIpc) is 4.10. The Labute approximate surface area is 425 Å². The van der Waals surface area contributed by atoms with Crippen LogP contribution in [-0.4, -0.2) is 87.6 Å². The fraction of sp³-hybridized carbons (Fsp3) is 0.275. The minimum Gasteiger partial charge on any atom is -0.497 e. The third kappa shape index (κ3) is 12.0.